The van der Waals surface area contributed by atoms with Crippen LogP contribution in [0, 0.1) is 5.92 Å². The van der Waals surface area contributed by atoms with Gasteiger partial charge < -0.3 is 10.2 Å². The number of halogens is 1. The molecule has 1 aromatic carbocycles. The topological polar surface area (TPSA) is 66.5 Å². The summed E-state index contributed by atoms with van der Waals surface area (Å²) in [5, 5.41) is 3.97. The van der Waals surface area contributed by atoms with Crippen molar-refractivity contribution in [3.05, 3.63) is 34.9 Å². The number of carbonyl (C=O) groups is 1. The van der Waals surface area contributed by atoms with Gasteiger partial charge in [0.05, 0.1) is 17.5 Å². The Morgan fingerprint density at radius 3 is 2.61 bits per heavy atom. The van der Waals surface area contributed by atoms with Crippen LogP contribution < -0.4 is 5.32 Å². The van der Waals surface area contributed by atoms with Crippen molar-refractivity contribution < 1.29 is 13.2 Å². The van der Waals surface area contributed by atoms with E-state index in [9.17, 15) is 13.2 Å². The Kier molecular flexibility index (Phi) is 4.94. The molecule has 2 saturated heterocycles. The third-order valence-electron chi connectivity index (χ3n) is 4.69. The van der Waals surface area contributed by atoms with Crippen molar-refractivity contribution >= 4 is 27.3 Å². The van der Waals surface area contributed by atoms with E-state index in [-0.39, 0.29) is 29.4 Å². The number of benzene rings is 1. The number of carbonyl (C=O) groups excluding carboxylic acids is 1. The molecule has 23 heavy (non-hydrogen) atoms. The maximum atomic E-state index is 12.9. The van der Waals surface area contributed by atoms with E-state index in [0.29, 0.717) is 31.0 Å². The Bertz CT molecular complexity index is 678. The van der Waals surface area contributed by atoms with Crippen LogP contribution in [0.4, 0.5) is 0 Å². The molecule has 1 unspecified atom stereocenters. The third kappa shape index (κ3) is 3.70. The van der Waals surface area contributed by atoms with Gasteiger partial charge in [-0.15, -0.1) is 0 Å². The second-order valence-electron chi connectivity index (χ2n) is 6.20. The van der Waals surface area contributed by atoms with Crippen molar-refractivity contribution in [1.82, 2.24) is 10.2 Å². The minimum atomic E-state index is -2.96. The molecule has 1 N–H and O–H groups in total. The van der Waals surface area contributed by atoms with Crippen LogP contribution in [0.15, 0.2) is 24.3 Å². The molecule has 0 radical (unpaired) electrons. The molecule has 2 fully saturated rings. The molecule has 1 aromatic rings. The monoisotopic (exact) mass is 356 g/mol. The molecule has 0 aromatic heterocycles. The van der Waals surface area contributed by atoms with Gasteiger partial charge in [0.15, 0.2) is 0 Å². The van der Waals surface area contributed by atoms with Gasteiger partial charge in [0.1, 0.15) is 9.84 Å². The predicted molar refractivity (Wildman–Crippen MR) is 90.2 cm³/mol. The predicted octanol–water partition coefficient (Wildman–Crippen LogP) is 1.64. The maximum absolute atomic E-state index is 12.9. The Labute approximate surface area is 141 Å². The van der Waals surface area contributed by atoms with Gasteiger partial charge in [-0.2, -0.15) is 0 Å². The van der Waals surface area contributed by atoms with Gasteiger partial charge in [0.2, 0.25) is 5.91 Å². The summed E-state index contributed by atoms with van der Waals surface area (Å²) in [7, 11) is -2.96. The Hall–Kier alpha value is -1.11. The van der Waals surface area contributed by atoms with Crippen LogP contribution in [-0.2, 0) is 14.6 Å². The first-order valence-electron chi connectivity index (χ1n) is 7.94. The van der Waals surface area contributed by atoms with Crippen LogP contribution in [0.5, 0.6) is 0 Å². The second-order valence-corrected chi connectivity index (χ2v) is 8.91. The lowest BCUT2D eigenvalue weighted by atomic mass is 9.97. The van der Waals surface area contributed by atoms with Gasteiger partial charge in [0, 0.05) is 30.6 Å². The van der Waals surface area contributed by atoms with E-state index in [4.69, 9.17) is 11.6 Å². The number of sulfone groups is 1. The van der Waals surface area contributed by atoms with Gasteiger partial charge in [-0.05, 0) is 24.5 Å². The lowest BCUT2D eigenvalue weighted by Gasteiger charge is -2.39. The lowest BCUT2D eigenvalue weighted by Crippen LogP contribution is -2.51. The standard InChI is InChI=1S/C16H21ClN2O3S/c17-14-4-2-1-3-13(14)15-11-18-7-8-19(15)16(20)12-5-9-23(21,22)10-6-12/h1-4,12,15,18H,5-11H2. The zero-order chi connectivity index (χ0) is 16.4. The molecular weight excluding hydrogens is 336 g/mol. The van der Waals surface area contributed by atoms with Crippen molar-refractivity contribution in [3.63, 3.8) is 0 Å². The van der Waals surface area contributed by atoms with E-state index in [2.05, 4.69) is 5.32 Å². The fourth-order valence-corrected chi connectivity index (χ4v) is 5.12. The summed E-state index contributed by atoms with van der Waals surface area (Å²) in [6.45, 7) is 2.04. The highest BCUT2D eigenvalue weighted by molar-refractivity contribution is 7.91. The highest BCUT2D eigenvalue weighted by atomic mass is 35.5. The molecule has 1 atom stereocenters. The minimum absolute atomic E-state index is 0.0614. The molecule has 0 saturated carbocycles. The van der Waals surface area contributed by atoms with Crippen LogP contribution in [0.2, 0.25) is 5.02 Å². The molecule has 126 valence electrons. The summed E-state index contributed by atoms with van der Waals surface area (Å²) in [6, 6.07) is 7.49. The zero-order valence-corrected chi connectivity index (χ0v) is 14.4. The molecule has 0 bridgehead atoms. The van der Waals surface area contributed by atoms with E-state index in [1.54, 1.807) is 0 Å². The molecule has 2 heterocycles. The van der Waals surface area contributed by atoms with E-state index in [1.165, 1.54) is 0 Å². The molecule has 5 nitrogen and oxygen atoms in total. The molecule has 2 aliphatic heterocycles. The molecule has 0 aliphatic carbocycles. The summed E-state index contributed by atoms with van der Waals surface area (Å²) in [4.78, 5) is 14.8. The number of nitrogens with one attached hydrogen (secondary N) is 1. The Morgan fingerprint density at radius 2 is 1.91 bits per heavy atom. The van der Waals surface area contributed by atoms with E-state index >= 15 is 0 Å². The summed E-state index contributed by atoms with van der Waals surface area (Å²) in [5.41, 5.74) is 0.943. The average molecular weight is 357 g/mol. The van der Waals surface area contributed by atoms with Gasteiger partial charge in [-0.25, -0.2) is 8.42 Å². The molecule has 3 rings (SSSR count). The highest BCUT2D eigenvalue weighted by Crippen LogP contribution is 2.31. The SMILES string of the molecule is O=C(C1CCS(=O)(=O)CC1)N1CCNCC1c1ccccc1Cl. The van der Waals surface area contributed by atoms with Crippen molar-refractivity contribution in [2.45, 2.75) is 18.9 Å². The van der Waals surface area contributed by atoms with Crippen LogP contribution >= 0.6 is 11.6 Å². The molecular formula is C16H21ClN2O3S. The molecule has 0 spiro atoms. The van der Waals surface area contributed by atoms with Crippen molar-refractivity contribution in [1.29, 1.82) is 0 Å². The number of amides is 1. The molecule has 1 amide bonds. The average Bonchev–Trinajstić information content (AvgIpc) is 2.55. The smallest absolute Gasteiger partial charge is 0.226 e. The summed E-state index contributed by atoms with van der Waals surface area (Å²) in [6.07, 6.45) is 0.862. The first-order chi connectivity index (χ1) is 11.0. The Morgan fingerprint density at radius 1 is 1.22 bits per heavy atom. The number of nitrogens with zero attached hydrogens (tertiary/aromatic N) is 1. The Balaban J connectivity index is 1.79. The van der Waals surface area contributed by atoms with Crippen LogP contribution in [-0.4, -0.2) is 50.4 Å². The summed E-state index contributed by atoms with van der Waals surface area (Å²) in [5.74, 6) is 0.103. The van der Waals surface area contributed by atoms with Crippen LogP contribution in [0.25, 0.3) is 0 Å². The minimum Gasteiger partial charge on any atom is -0.333 e. The second kappa shape index (κ2) is 6.79. The third-order valence-corrected chi connectivity index (χ3v) is 6.75. The van der Waals surface area contributed by atoms with E-state index < -0.39 is 9.84 Å². The van der Waals surface area contributed by atoms with Crippen LogP contribution in [0.1, 0.15) is 24.4 Å². The van der Waals surface area contributed by atoms with Gasteiger partial charge in [-0.1, -0.05) is 29.8 Å². The van der Waals surface area contributed by atoms with E-state index in [1.807, 2.05) is 29.2 Å². The van der Waals surface area contributed by atoms with Crippen molar-refractivity contribution in [2.75, 3.05) is 31.1 Å². The summed E-state index contributed by atoms with van der Waals surface area (Å²) < 4.78 is 23.1. The highest BCUT2D eigenvalue weighted by Gasteiger charge is 2.36. The maximum Gasteiger partial charge on any atom is 0.226 e. The normalized spacial score (nSPS) is 25.3. The fourth-order valence-electron chi connectivity index (χ4n) is 3.36. The van der Waals surface area contributed by atoms with Gasteiger partial charge in [0.25, 0.3) is 0 Å². The number of hydrogen-bond donors (Lipinski definition) is 1. The van der Waals surface area contributed by atoms with E-state index in [0.717, 1.165) is 12.1 Å². The molecule has 2 aliphatic rings. The first-order valence-corrected chi connectivity index (χ1v) is 10.1. The van der Waals surface area contributed by atoms with Crippen molar-refractivity contribution in [2.24, 2.45) is 5.92 Å². The van der Waals surface area contributed by atoms with Crippen molar-refractivity contribution in [3.8, 4) is 0 Å². The quantitative estimate of drug-likeness (QED) is 0.874. The fraction of sp³-hybridized carbons (Fsp3) is 0.562. The lowest BCUT2D eigenvalue weighted by molar-refractivity contribution is -0.139. The van der Waals surface area contributed by atoms with Gasteiger partial charge in [-0.3, -0.25) is 4.79 Å². The summed E-state index contributed by atoms with van der Waals surface area (Å²) >= 11 is 6.31. The van der Waals surface area contributed by atoms with Gasteiger partial charge >= 0.3 is 0 Å². The number of rotatable bonds is 2. The first kappa shape index (κ1) is 16.7. The van der Waals surface area contributed by atoms with Crippen LogP contribution in [0.3, 0.4) is 0 Å². The number of piperazine rings is 1. The molecule has 7 heteroatoms. The largest absolute Gasteiger partial charge is 0.333 e. The number of hydrogen-bond acceptors (Lipinski definition) is 4. The zero-order valence-electron chi connectivity index (χ0n) is 12.9.